The number of benzene rings is 2. The quantitative estimate of drug-likeness (QED) is 0.753. The van der Waals surface area contributed by atoms with Gasteiger partial charge in [0.2, 0.25) is 0 Å². The van der Waals surface area contributed by atoms with Gasteiger partial charge >= 0.3 is 0 Å². The number of amides is 1. The van der Waals surface area contributed by atoms with Gasteiger partial charge in [-0.2, -0.15) is 5.10 Å². The van der Waals surface area contributed by atoms with Gasteiger partial charge in [0.1, 0.15) is 0 Å². The molecular formula is C22H21N5O. The van der Waals surface area contributed by atoms with Crippen molar-refractivity contribution in [1.82, 2.24) is 20.2 Å². The zero-order valence-corrected chi connectivity index (χ0v) is 15.7. The van der Waals surface area contributed by atoms with Crippen molar-refractivity contribution in [3.05, 3.63) is 89.3 Å². The lowest BCUT2D eigenvalue weighted by Crippen LogP contribution is -2.30. The van der Waals surface area contributed by atoms with Gasteiger partial charge in [0, 0.05) is 31.0 Å². The van der Waals surface area contributed by atoms with Crippen LogP contribution in [0, 0.1) is 0 Å². The molecule has 2 aliphatic heterocycles. The number of nitrogens with zero attached hydrogens (tertiary/aromatic N) is 4. The second kappa shape index (κ2) is 6.65. The lowest BCUT2D eigenvalue weighted by molar-refractivity contribution is 0.0985. The third-order valence-corrected chi connectivity index (χ3v) is 5.39. The number of fused-ring (bicyclic) bond motifs is 2. The number of hydrazine groups is 1. The average molecular weight is 371 g/mol. The summed E-state index contributed by atoms with van der Waals surface area (Å²) in [6.07, 6.45) is 3.93. The first kappa shape index (κ1) is 16.8. The number of carbonyl (C=O) groups is 1. The molecule has 0 spiro atoms. The summed E-state index contributed by atoms with van der Waals surface area (Å²) < 4.78 is 1.96. The van der Waals surface area contributed by atoms with E-state index >= 15 is 0 Å². The van der Waals surface area contributed by atoms with Crippen LogP contribution in [0.4, 0.5) is 5.69 Å². The number of hydrogen-bond acceptors (Lipinski definition) is 4. The van der Waals surface area contributed by atoms with Gasteiger partial charge in [-0.15, -0.1) is 0 Å². The largest absolute Gasteiger partial charge is 0.311 e. The van der Waals surface area contributed by atoms with Crippen LogP contribution in [0.1, 0.15) is 27.2 Å². The van der Waals surface area contributed by atoms with Crippen LogP contribution in [0.25, 0.3) is 5.70 Å². The van der Waals surface area contributed by atoms with Gasteiger partial charge in [-0.05, 0) is 41.5 Å². The van der Waals surface area contributed by atoms with Gasteiger partial charge in [0.15, 0.2) is 0 Å². The van der Waals surface area contributed by atoms with E-state index in [2.05, 4.69) is 22.7 Å². The van der Waals surface area contributed by atoms with Gasteiger partial charge in [-0.25, -0.2) is 5.43 Å². The molecule has 6 heteroatoms. The highest BCUT2D eigenvalue weighted by Gasteiger charge is 2.25. The fraction of sp³-hybridized carbons (Fsp3) is 0.182. The second-order valence-electron chi connectivity index (χ2n) is 7.09. The molecule has 0 bridgehead atoms. The fourth-order valence-corrected chi connectivity index (χ4v) is 3.89. The van der Waals surface area contributed by atoms with Crippen molar-refractivity contribution < 1.29 is 4.79 Å². The SMILES string of the molecule is CN1NCC=C1c1ccc(C(=O)N2Cc3ccnn3Cc3ccccc32)cc1. The number of nitrogens with one attached hydrogen (secondary N) is 1. The van der Waals surface area contributed by atoms with Crippen LogP contribution < -0.4 is 10.3 Å². The predicted octanol–water partition coefficient (Wildman–Crippen LogP) is 2.88. The lowest BCUT2D eigenvalue weighted by Gasteiger charge is -2.23. The van der Waals surface area contributed by atoms with Crippen molar-refractivity contribution >= 4 is 17.3 Å². The molecule has 2 aliphatic rings. The van der Waals surface area contributed by atoms with Crippen LogP contribution in [0.2, 0.25) is 0 Å². The minimum absolute atomic E-state index is 0.000492. The van der Waals surface area contributed by atoms with E-state index in [1.54, 1.807) is 6.20 Å². The lowest BCUT2D eigenvalue weighted by atomic mass is 10.1. The standard InChI is InChI=1S/C22H21N5O/c1-25-20(11-13-23-25)16-6-8-17(9-7-16)22(28)26-15-19-10-12-24-27(19)14-18-4-2-3-5-21(18)26/h2-12,23H,13-15H2,1H3. The smallest absolute Gasteiger partial charge is 0.258 e. The van der Waals surface area contributed by atoms with Gasteiger partial charge < -0.3 is 9.91 Å². The molecule has 140 valence electrons. The first-order valence-electron chi connectivity index (χ1n) is 9.39. The highest BCUT2D eigenvalue weighted by molar-refractivity contribution is 6.06. The average Bonchev–Trinajstić information content (AvgIpc) is 3.32. The van der Waals surface area contributed by atoms with Gasteiger partial charge in [0.05, 0.1) is 24.5 Å². The summed E-state index contributed by atoms with van der Waals surface area (Å²) >= 11 is 0. The van der Waals surface area contributed by atoms with E-state index in [0.29, 0.717) is 18.7 Å². The number of para-hydroxylation sites is 1. The molecule has 0 aliphatic carbocycles. The first-order chi connectivity index (χ1) is 13.7. The molecule has 1 N–H and O–H groups in total. The number of carbonyl (C=O) groups excluding carboxylic acids is 1. The first-order valence-corrected chi connectivity index (χ1v) is 9.39. The summed E-state index contributed by atoms with van der Waals surface area (Å²) in [6, 6.07) is 17.9. The Morgan fingerprint density at radius 2 is 1.86 bits per heavy atom. The maximum Gasteiger partial charge on any atom is 0.258 e. The summed E-state index contributed by atoms with van der Waals surface area (Å²) in [6.45, 7) is 2.01. The maximum absolute atomic E-state index is 13.4. The van der Waals surface area contributed by atoms with Crippen molar-refractivity contribution in [2.24, 2.45) is 0 Å². The second-order valence-corrected chi connectivity index (χ2v) is 7.09. The van der Waals surface area contributed by atoms with Crippen LogP contribution in [0.15, 0.2) is 66.9 Å². The molecule has 0 unspecified atom stereocenters. The third kappa shape index (κ3) is 2.78. The van der Waals surface area contributed by atoms with Crippen LogP contribution in [0.3, 0.4) is 0 Å². The molecule has 28 heavy (non-hydrogen) atoms. The molecule has 1 aromatic heterocycles. The topological polar surface area (TPSA) is 53.4 Å². The Balaban J connectivity index is 1.49. The zero-order valence-electron chi connectivity index (χ0n) is 15.7. The third-order valence-electron chi connectivity index (χ3n) is 5.39. The molecule has 1 amide bonds. The molecule has 0 atom stereocenters. The zero-order chi connectivity index (χ0) is 19.1. The molecular weight excluding hydrogens is 350 g/mol. The summed E-state index contributed by atoms with van der Waals surface area (Å²) in [5, 5.41) is 6.41. The number of aromatic nitrogens is 2. The van der Waals surface area contributed by atoms with E-state index in [4.69, 9.17) is 0 Å². The summed E-state index contributed by atoms with van der Waals surface area (Å²) in [7, 11) is 2.00. The van der Waals surface area contributed by atoms with E-state index in [-0.39, 0.29) is 5.91 Å². The van der Waals surface area contributed by atoms with Crippen LogP contribution in [-0.2, 0) is 13.1 Å². The normalized spacial score (nSPS) is 15.7. The van der Waals surface area contributed by atoms with Crippen LogP contribution >= 0.6 is 0 Å². The Morgan fingerprint density at radius 3 is 2.64 bits per heavy atom. The number of anilines is 1. The predicted molar refractivity (Wildman–Crippen MR) is 108 cm³/mol. The monoisotopic (exact) mass is 371 g/mol. The van der Waals surface area contributed by atoms with Crippen molar-refractivity contribution in [1.29, 1.82) is 0 Å². The number of rotatable bonds is 2. The molecule has 0 fully saturated rings. The summed E-state index contributed by atoms with van der Waals surface area (Å²) in [4.78, 5) is 15.3. The van der Waals surface area contributed by atoms with Crippen LogP contribution in [-0.4, -0.2) is 34.3 Å². The maximum atomic E-state index is 13.4. The Bertz CT molecular complexity index is 1070. The fourth-order valence-electron chi connectivity index (χ4n) is 3.89. The van der Waals surface area contributed by atoms with E-state index in [1.807, 2.05) is 70.2 Å². The van der Waals surface area contributed by atoms with Gasteiger partial charge in [-0.3, -0.25) is 9.48 Å². The van der Waals surface area contributed by atoms with E-state index in [9.17, 15) is 4.79 Å². The molecule has 0 saturated heterocycles. The Labute approximate surface area is 163 Å². The molecule has 3 heterocycles. The van der Waals surface area contributed by atoms with E-state index in [0.717, 1.165) is 34.8 Å². The highest BCUT2D eigenvalue weighted by atomic mass is 16.2. The Hall–Kier alpha value is -3.38. The van der Waals surface area contributed by atoms with E-state index in [1.165, 1.54) is 0 Å². The van der Waals surface area contributed by atoms with Gasteiger partial charge in [-0.1, -0.05) is 30.3 Å². The molecule has 5 rings (SSSR count). The molecule has 0 saturated carbocycles. The molecule has 0 radical (unpaired) electrons. The Kier molecular flexibility index (Phi) is 3.98. The highest BCUT2D eigenvalue weighted by Crippen LogP contribution is 2.29. The van der Waals surface area contributed by atoms with Crippen LogP contribution in [0.5, 0.6) is 0 Å². The molecule has 3 aromatic rings. The van der Waals surface area contributed by atoms with E-state index < -0.39 is 0 Å². The summed E-state index contributed by atoms with van der Waals surface area (Å²) in [5.74, 6) is 0.000492. The van der Waals surface area contributed by atoms with Crippen molar-refractivity contribution in [3.8, 4) is 0 Å². The summed E-state index contributed by atoms with van der Waals surface area (Å²) in [5.41, 5.74) is 9.22. The number of hydrogen-bond donors (Lipinski definition) is 1. The Morgan fingerprint density at radius 1 is 1.04 bits per heavy atom. The molecule has 2 aromatic carbocycles. The van der Waals surface area contributed by atoms with Gasteiger partial charge in [0.25, 0.3) is 5.91 Å². The van der Waals surface area contributed by atoms with Crippen molar-refractivity contribution in [3.63, 3.8) is 0 Å². The van der Waals surface area contributed by atoms with Crippen molar-refractivity contribution in [2.45, 2.75) is 13.1 Å². The van der Waals surface area contributed by atoms with Crippen molar-refractivity contribution in [2.75, 3.05) is 18.5 Å². The minimum atomic E-state index is 0.000492. The minimum Gasteiger partial charge on any atom is -0.311 e. The molecule has 6 nitrogen and oxygen atoms in total.